The average Bonchev–Trinajstić information content (AvgIpc) is 2.92. The molecule has 1 atom stereocenters. The fraction of sp³-hybridized carbons (Fsp3) is 0.357. The maximum atomic E-state index is 6.15. The van der Waals surface area contributed by atoms with Gasteiger partial charge in [0.25, 0.3) is 0 Å². The summed E-state index contributed by atoms with van der Waals surface area (Å²) < 4.78 is 2.13. The zero-order valence-corrected chi connectivity index (χ0v) is 13.0. The third-order valence-corrected chi connectivity index (χ3v) is 4.76. The first-order valence-corrected chi connectivity index (χ1v) is 7.94. The Hall–Kier alpha value is -1.01. The lowest BCUT2D eigenvalue weighted by molar-refractivity contribution is 0.543. The van der Waals surface area contributed by atoms with Crippen LogP contribution in [-0.2, 0) is 13.0 Å². The SMILES string of the molecule is CCn1ccnc1CC(CSc1ccccc1Cl)NN. The molecule has 3 N–H and O–H groups in total. The van der Waals surface area contributed by atoms with Gasteiger partial charge in [-0.2, -0.15) is 0 Å². The van der Waals surface area contributed by atoms with E-state index < -0.39 is 0 Å². The van der Waals surface area contributed by atoms with E-state index in [4.69, 9.17) is 17.4 Å². The van der Waals surface area contributed by atoms with Gasteiger partial charge in [-0.15, -0.1) is 11.8 Å². The van der Waals surface area contributed by atoms with Crippen molar-refractivity contribution >= 4 is 23.4 Å². The van der Waals surface area contributed by atoms with Gasteiger partial charge in [-0.05, 0) is 19.1 Å². The van der Waals surface area contributed by atoms with Crippen molar-refractivity contribution in [2.24, 2.45) is 5.84 Å². The first-order chi connectivity index (χ1) is 9.74. The number of halogens is 1. The Morgan fingerprint density at radius 2 is 2.25 bits per heavy atom. The number of aromatic nitrogens is 2. The molecule has 6 heteroatoms. The standard InChI is InChI=1S/C14H19ClN4S/c1-2-19-8-7-17-14(19)9-11(18-16)10-20-13-6-4-3-5-12(13)15/h3-8,11,18H,2,9-10,16H2,1H3. The second-order valence-electron chi connectivity index (χ2n) is 4.44. The van der Waals surface area contributed by atoms with E-state index in [2.05, 4.69) is 21.9 Å². The molecule has 0 fully saturated rings. The molecular weight excluding hydrogens is 292 g/mol. The minimum Gasteiger partial charge on any atom is -0.335 e. The second-order valence-corrected chi connectivity index (χ2v) is 5.91. The molecule has 0 aliphatic heterocycles. The van der Waals surface area contributed by atoms with Gasteiger partial charge in [0.05, 0.1) is 5.02 Å². The van der Waals surface area contributed by atoms with Crippen LogP contribution in [-0.4, -0.2) is 21.3 Å². The first kappa shape index (κ1) is 15.4. The highest BCUT2D eigenvalue weighted by atomic mass is 35.5. The van der Waals surface area contributed by atoms with E-state index in [0.717, 1.165) is 34.5 Å². The van der Waals surface area contributed by atoms with Crippen molar-refractivity contribution < 1.29 is 0 Å². The third kappa shape index (κ3) is 3.99. The Morgan fingerprint density at radius 1 is 1.45 bits per heavy atom. The topological polar surface area (TPSA) is 55.9 Å². The van der Waals surface area contributed by atoms with Crippen molar-refractivity contribution in [2.45, 2.75) is 30.8 Å². The first-order valence-electron chi connectivity index (χ1n) is 6.58. The van der Waals surface area contributed by atoms with Crippen LogP contribution in [0.25, 0.3) is 0 Å². The third-order valence-electron chi connectivity index (χ3n) is 3.08. The predicted octanol–water partition coefficient (Wildman–Crippen LogP) is 2.72. The summed E-state index contributed by atoms with van der Waals surface area (Å²) in [5.74, 6) is 7.54. The van der Waals surface area contributed by atoms with Crippen LogP contribution in [0.5, 0.6) is 0 Å². The Morgan fingerprint density at radius 3 is 2.95 bits per heavy atom. The van der Waals surface area contributed by atoms with Crippen LogP contribution in [0.4, 0.5) is 0 Å². The van der Waals surface area contributed by atoms with Crippen LogP contribution in [0.2, 0.25) is 5.02 Å². The molecule has 1 aromatic heterocycles. The summed E-state index contributed by atoms with van der Waals surface area (Å²) in [4.78, 5) is 5.46. The molecule has 0 aliphatic rings. The van der Waals surface area contributed by atoms with E-state index in [-0.39, 0.29) is 6.04 Å². The van der Waals surface area contributed by atoms with Gasteiger partial charge in [-0.25, -0.2) is 4.98 Å². The van der Waals surface area contributed by atoms with Crippen LogP contribution >= 0.6 is 23.4 Å². The number of nitrogens with one attached hydrogen (secondary N) is 1. The number of benzene rings is 1. The Bertz CT molecular complexity index is 543. The lowest BCUT2D eigenvalue weighted by atomic mass is 10.2. The van der Waals surface area contributed by atoms with Crippen LogP contribution in [0.1, 0.15) is 12.7 Å². The Kier molecular flexibility index (Phi) is 5.91. The molecule has 20 heavy (non-hydrogen) atoms. The number of thioether (sulfide) groups is 1. The van der Waals surface area contributed by atoms with E-state index in [9.17, 15) is 0 Å². The second kappa shape index (κ2) is 7.69. The van der Waals surface area contributed by atoms with Crippen LogP contribution in [0, 0.1) is 0 Å². The zero-order valence-electron chi connectivity index (χ0n) is 11.4. The quantitative estimate of drug-likeness (QED) is 0.469. The van der Waals surface area contributed by atoms with Crippen molar-refractivity contribution in [3.63, 3.8) is 0 Å². The molecule has 0 amide bonds. The Labute approximate surface area is 128 Å². The molecular formula is C14H19ClN4S. The fourth-order valence-electron chi connectivity index (χ4n) is 1.96. The van der Waals surface area contributed by atoms with E-state index in [1.807, 2.05) is 36.7 Å². The number of hydrogen-bond acceptors (Lipinski definition) is 4. The predicted molar refractivity (Wildman–Crippen MR) is 84.9 cm³/mol. The van der Waals surface area contributed by atoms with Gasteiger partial charge >= 0.3 is 0 Å². The molecule has 0 saturated carbocycles. The number of aryl methyl sites for hydroxylation is 1. The average molecular weight is 311 g/mol. The monoisotopic (exact) mass is 310 g/mol. The highest BCUT2D eigenvalue weighted by molar-refractivity contribution is 7.99. The summed E-state index contributed by atoms with van der Waals surface area (Å²) in [6.07, 6.45) is 4.62. The molecule has 1 aromatic carbocycles. The van der Waals surface area contributed by atoms with Crippen molar-refractivity contribution in [3.8, 4) is 0 Å². The Balaban J connectivity index is 1.94. The smallest absolute Gasteiger partial charge is 0.110 e. The van der Waals surface area contributed by atoms with E-state index in [0.29, 0.717) is 0 Å². The lowest BCUT2D eigenvalue weighted by Crippen LogP contribution is -2.39. The largest absolute Gasteiger partial charge is 0.335 e. The van der Waals surface area contributed by atoms with Gasteiger partial charge < -0.3 is 4.57 Å². The molecule has 0 aliphatic carbocycles. The van der Waals surface area contributed by atoms with Gasteiger partial charge in [0, 0.05) is 42.0 Å². The van der Waals surface area contributed by atoms with Gasteiger partial charge in [0.15, 0.2) is 0 Å². The summed E-state index contributed by atoms with van der Waals surface area (Å²) in [6, 6.07) is 8.00. The summed E-state index contributed by atoms with van der Waals surface area (Å²) in [5.41, 5.74) is 2.86. The number of imidazole rings is 1. The summed E-state index contributed by atoms with van der Waals surface area (Å²) in [6.45, 7) is 3.03. The van der Waals surface area contributed by atoms with Crippen molar-refractivity contribution in [1.29, 1.82) is 0 Å². The molecule has 2 aromatic rings. The normalized spacial score (nSPS) is 12.6. The molecule has 0 saturated heterocycles. The fourth-order valence-corrected chi connectivity index (χ4v) is 3.23. The van der Waals surface area contributed by atoms with Gasteiger partial charge in [-0.3, -0.25) is 11.3 Å². The number of rotatable bonds is 7. The summed E-state index contributed by atoms with van der Waals surface area (Å²) >= 11 is 7.86. The van der Waals surface area contributed by atoms with Crippen molar-refractivity contribution in [1.82, 2.24) is 15.0 Å². The molecule has 4 nitrogen and oxygen atoms in total. The minimum absolute atomic E-state index is 0.156. The van der Waals surface area contributed by atoms with Crippen molar-refractivity contribution in [2.75, 3.05) is 5.75 Å². The maximum Gasteiger partial charge on any atom is 0.110 e. The molecule has 1 heterocycles. The number of nitrogens with zero attached hydrogens (tertiary/aromatic N) is 2. The summed E-state index contributed by atoms with van der Waals surface area (Å²) in [7, 11) is 0. The molecule has 0 spiro atoms. The number of hydrogen-bond donors (Lipinski definition) is 2. The maximum absolute atomic E-state index is 6.15. The van der Waals surface area contributed by atoms with E-state index in [1.54, 1.807) is 11.8 Å². The van der Waals surface area contributed by atoms with Gasteiger partial charge in [-0.1, -0.05) is 23.7 Å². The van der Waals surface area contributed by atoms with E-state index >= 15 is 0 Å². The van der Waals surface area contributed by atoms with Crippen LogP contribution in [0.3, 0.4) is 0 Å². The lowest BCUT2D eigenvalue weighted by Gasteiger charge is -2.16. The van der Waals surface area contributed by atoms with Crippen LogP contribution in [0.15, 0.2) is 41.6 Å². The molecule has 108 valence electrons. The summed E-state index contributed by atoms with van der Waals surface area (Å²) in [5, 5.41) is 0.781. The number of hydrazine groups is 1. The van der Waals surface area contributed by atoms with Gasteiger partial charge in [0.2, 0.25) is 0 Å². The highest BCUT2D eigenvalue weighted by Gasteiger charge is 2.12. The minimum atomic E-state index is 0.156. The van der Waals surface area contributed by atoms with Gasteiger partial charge in [0.1, 0.15) is 5.82 Å². The molecule has 2 rings (SSSR count). The molecule has 0 radical (unpaired) electrons. The zero-order chi connectivity index (χ0) is 14.4. The van der Waals surface area contributed by atoms with E-state index in [1.165, 1.54) is 0 Å². The molecule has 1 unspecified atom stereocenters. The van der Waals surface area contributed by atoms with Crippen LogP contribution < -0.4 is 11.3 Å². The number of nitrogens with two attached hydrogens (primary N) is 1. The highest BCUT2D eigenvalue weighted by Crippen LogP contribution is 2.27. The van der Waals surface area contributed by atoms with Crippen molar-refractivity contribution in [3.05, 3.63) is 47.5 Å². The molecule has 0 bridgehead atoms.